The summed E-state index contributed by atoms with van der Waals surface area (Å²) in [5.74, 6) is -0.435. The molecular formula is C11H15NO2. The lowest BCUT2D eigenvalue weighted by Gasteiger charge is -2.06. The molecule has 0 aliphatic rings. The van der Waals surface area contributed by atoms with Gasteiger partial charge < -0.3 is 10.5 Å². The summed E-state index contributed by atoms with van der Waals surface area (Å²) < 4.78 is 5.13. The van der Waals surface area contributed by atoms with Crippen LogP contribution >= 0.6 is 0 Å². The van der Waals surface area contributed by atoms with E-state index in [0.717, 1.165) is 5.56 Å². The fraction of sp³-hybridized carbons (Fsp3) is 0.364. The predicted octanol–water partition coefficient (Wildman–Crippen LogP) is 1.31. The van der Waals surface area contributed by atoms with Crippen LogP contribution in [0.4, 0.5) is 0 Å². The van der Waals surface area contributed by atoms with E-state index in [1.807, 2.05) is 26.0 Å². The van der Waals surface area contributed by atoms with Gasteiger partial charge in [-0.1, -0.05) is 23.8 Å². The Kier molecular flexibility index (Phi) is 3.65. The molecule has 3 heteroatoms. The SMILES string of the molecule is Cc1ccc(COCC(N)=O)c(C)c1. The van der Waals surface area contributed by atoms with Crippen LogP contribution in [0.25, 0.3) is 0 Å². The Bertz CT molecular complexity index is 334. The van der Waals surface area contributed by atoms with Crippen LogP contribution in [-0.4, -0.2) is 12.5 Å². The Morgan fingerprint density at radius 1 is 1.43 bits per heavy atom. The van der Waals surface area contributed by atoms with Crippen LogP contribution in [0.15, 0.2) is 18.2 Å². The van der Waals surface area contributed by atoms with E-state index in [2.05, 4.69) is 6.07 Å². The number of carbonyl (C=O) groups excluding carboxylic acids is 1. The van der Waals surface area contributed by atoms with Crippen LogP contribution in [-0.2, 0) is 16.1 Å². The Morgan fingerprint density at radius 3 is 2.71 bits per heavy atom. The summed E-state index contributed by atoms with van der Waals surface area (Å²) in [6.07, 6.45) is 0. The van der Waals surface area contributed by atoms with Gasteiger partial charge in [0, 0.05) is 0 Å². The average Bonchev–Trinajstić information content (AvgIpc) is 2.08. The van der Waals surface area contributed by atoms with Crippen molar-refractivity contribution >= 4 is 5.91 Å². The van der Waals surface area contributed by atoms with Crippen molar-refractivity contribution in [1.82, 2.24) is 0 Å². The fourth-order valence-corrected chi connectivity index (χ4v) is 1.27. The van der Waals surface area contributed by atoms with Gasteiger partial charge in [-0.05, 0) is 25.0 Å². The van der Waals surface area contributed by atoms with Crippen molar-refractivity contribution in [3.05, 3.63) is 34.9 Å². The molecule has 0 saturated carbocycles. The van der Waals surface area contributed by atoms with E-state index in [1.54, 1.807) is 0 Å². The number of benzene rings is 1. The zero-order chi connectivity index (χ0) is 10.6. The molecule has 0 atom stereocenters. The van der Waals surface area contributed by atoms with Crippen molar-refractivity contribution in [2.45, 2.75) is 20.5 Å². The molecule has 0 spiro atoms. The molecule has 0 unspecified atom stereocenters. The number of aryl methyl sites for hydroxylation is 2. The lowest BCUT2D eigenvalue weighted by Crippen LogP contribution is -2.18. The largest absolute Gasteiger partial charge is 0.368 e. The number of primary amides is 1. The second-order valence-electron chi connectivity index (χ2n) is 3.39. The Balaban J connectivity index is 2.55. The highest BCUT2D eigenvalue weighted by Gasteiger charge is 1.99. The minimum absolute atomic E-state index is 0.0205. The van der Waals surface area contributed by atoms with Gasteiger partial charge in [-0.15, -0.1) is 0 Å². The number of rotatable bonds is 4. The zero-order valence-electron chi connectivity index (χ0n) is 8.54. The van der Waals surface area contributed by atoms with Crippen LogP contribution in [0.5, 0.6) is 0 Å². The Morgan fingerprint density at radius 2 is 2.14 bits per heavy atom. The van der Waals surface area contributed by atoms with Gasteiger partial charge in [-0.25, -0.2) is 0 Å². The summed E-state index contributed by atoms with van der Waals surface area (Å²) in [6.45, 7) is 4.49. The van der Waals surface area contributed by atoms with E-state index < -0.39 is 5.91 Å². The van der Waals surface area contributed by atoms with E-state index >= 15 is 0 Å². The number of amides is 1. The van der Waals surface area contributed by atoms with Crippen LogP contribution in [0.3, 0.4) is 0 Å². The molecule has 0 radical (unpaired) electrons. The minimum Gasteiger partial charge on any atom is -0.368 e. The minimum atomic E-state index is -0.435. The van der Waals surface area contributed by atoms with Gasteiger partial charge in [0.15, 0.2) is 0 Å². The third kappa shape index (κ3) is 3.18. The van der Waals surface area contributed by atoms with Crippen molar-refractivity contribution in [1.29, 1.82) is 0 Å². The summed E-state index contributed by atoms with van der Waals surface area (Å²) in [6, 6.07) is 6.12. The van der Waals surface area contributed by atoms with Crippen LogP contribution in [0.1, 0.15) is 16.7 Å². The molecule has 1 amide bonds. The third-order valence-electron chi connectivity index (χ3n) is 2.00. The highest BCUT2D eigenvalue weighted by atomic mass is 16.5. The first kappa shape index (κ1) is 10.7. The summed E-state index contributed by atoms with van der Waals surface area (Å²) in [5.41, 5.74) is 8.45. The lowest BCUT2D eigenvalue weighted by atomic mass is 10.1. The van der Waals surface area contributed by atoms with Gasteiger partial charge in [0.1, 0.15) is 6.61 Å². The van der Waals surface area contributed by atoms with Crippen molar-refractivity contribution in [3.63, 3.8) is 0 Å². The molecule has 1 rings (SSSR count). The molecule has 0 aliphatic heterocycles. The molecule has 1 aromatic rings. The summed E-state index contributed by atoms with van der Waals surface area (Å²) in [5, 5.41) is 0. The smallest absolute Gasteiger partial charge is 0.243 e. The van der Waals surface area contributed by atoms with E-state index in [9.17, 15) is 4.79 Å². The normalized spacial score (nSPS) is 10.1. The topological polar surface area (TPSA) is 52.3 Å². The first-order valence-corrected chi connectivity index (χ1v) is 4.52. The molecule has 76 valence electrons. The van der Waals surface area contributed by atoms with Crippen LogP contribution in [0.2, 0.25) is 0 Å². The molecule has 0 fully saturated rings. The monoisotopic (exact) mass is 193 g/mol. The second kappa shape index (κ2) is 4.77. The molecule has 0 heterocycles. The van der Waals surface area contributed by atoms with E-state index in [4.69, 9.17) is 10.5 Å². The molecule has 0 bridgehead atoms. The van der Waals surface area contributed by atoms with E-state index in [-0.39, 0.29) is 6.61 Å². The van der Waals surface area contributed by atoms with Gasteiger partial charge in [0.05, 0.1) is 6.61 Å². The Hall–Kier alpha value is -1.35. The molecule has 0 aromatic heterocycles. The molecule has 0 saturated heterocycles. The zero-order valence-corrected chi connectivity index (χ0v) is 8.54. The van der Waals surface area contributed by atoms with Crippen molar-refractivity contribution in [3.8, 4) is 0 Å². The maximum atomic E-state index is 10.4. The van der Waals surface area contributed by atoms with Crippen LogP contribution < -0.4 is 5.73 Å². The molecule has 14 heavy (non-hydrogen) atoms. The van der Waals surface area contributed by atoms with E-state index in [1.165, 1.54) is 11.1 Å². The van der Waals surface area contributed by atoms with Gasteiger partial charge in [0.25, 0.3) is 0 Å². The number of nitrogens with two attached hydrogens (primary N) is 1. The summed E-state index contributed by atoms with van der Waals surface area (Å²) in [7, 11) is 0. The number of carbonyl (C=O) groups is 1. The third-order valence-corrected chi connectivity index (χ3v) is 2.00. The molecule has 0 aliphatic carbocycles. The molecule has 3 nitrogen and oxygen atoms in total. The number of hydrogen-bond acceptors (Lipinski definition) is 2. The first-order chi connectivity index (χ1) is 6.59. The summed E-state index contributed by atoms with van der Waals surface area (Å²) >= 11 is 0. The highest BCUT2D eigenvalue weighted by Crippen LogP contribution is 2.11. The summed E-state index contributed by atoms with van der Waals surface area (Å²) in [4.78, 5) is 10.4. The van der Waals surface area contributed by atoms with Crippen molar-refractivity contribution in [2.24, 2.45) is 5.73 Å². The van der Waals surface area contributed by atoms with Gasteiger partial charge in [0.2, 0.25) is 5.91 Å². The quantitative estimate of drug-likeness (QED) is 0.783. The van der Waals surface area contributed by atoms with E-state index in [0.29, 0.717) is 6.61 Å². The maximum absolute atomic E-state index is 10.4. The molecular weight excluding hydrogens is 178 g/mol. The Labute approximate surface area is 83.9 Å². The maximum Gasteiger partial charge on any atom is 0.243 e. The molecule has 2 N–H and O–H groups in total. The first-order valence-electron chi connectivity index (χ1n) is 4.52. The van der Waals surface area contributed by atoms with Crippen molar-refractivity contribution < 1.29 is 9.53 Å². The highest BCUT2D eigenvalue weighted by molar-refractivity contribution is 5.74. The predicted molar refractivity (Wildman–Crippen MR) is 54.8 cm³/mol. The number of ether oxygens (including phenoxy) is 1. The standard InChI is InChI=1S/C11H15NO2/c1-8-3-4-10(9(2)5-8)6-14-7-11(12)13/h3-5H,6-7H2,1-2H3,(H2,12,13). The van der Waals surface area contributed by atoms with Gasteiger partial charge in [-0.2, -0.15) is 0 Å². The molecule has 1 aromatic carbocycles. The number of hydrogen-bond donors (Lipinski definition) is 1. The van der Waals surface area contributed by atoms with Gasteiger partial charge >= 0.3 is 0 Å². The van der Waals surface area contributed by atoms with Gasteiger partial charge in [-0.3, -0.25) is 4.79 Å². The average molecular weight is 193 g/mol. The lowest BCUT2D eigenvalue weighted by molar-refractivity contribution is -0.122. The van der Waals surface area contributed by atoms with Crippen LogP contribution in [0, 0.1) is 13.8 Å². The fourth-order valence-electron chi connectivity index (χ4n) is 1.27. The second-order valence-corrected chi connectivity index (χ2v) is 3.39. The van der Waals surface area contributed by atoms with Crippen molar-refractivity contribution in [2.75, 3.05) is 6.61 Å².